The van der Waals surface area contributed by atoms with E-state index in [2.05, 4.69) is 4.98 Å². The summed E-state index contributed by atoms with van der Waals surface area (Å²) in [5, 5.41) is 0.396. The first-order valence-electron chi connectivity index (χ1n) is 5.78. The second-order valence-electron chi connectivity index (χ2n) is 4.17. The van der Waals surface area contributed by atoms with Gasteiger partial charge in [-0.3, -0.25) is 4.79 Å². The minimum atomic E-state index is -0.00752. The minimum Gasteiger partial charge on any atom is -0.380 e. The number of pyridine rings is 1. The van der Waals surface area contributed by atoms with Crippen molar-refractivity contribution < 1.29 is 9.53 Å². The molecule has 0 saturated heterocycles. The highest BCUT2D eigenvalue weighted by Gasteiger charge is 2.18. The second-order valence-corrected chi connectivity index (χ2v) is 4.55. The Bertz CT molecular complexity index is 457. The highest BCUT2D eigenvalue weighted by atomic mass is 35.5. The number of amides is 1. The monoisotopic (exact) mass is 266 g/mol. The molecule has 0 spiro atoms. The predicted molar refractivity (Wildman–Crippen MR) is 69.7 cm³/mol. The van der Waals surface area contributed by atoms with Crippen molar-refractivity contribution >= 4 is 17.5 Å². The van der Waals surface area contributed by atoms with Crippen molar-refractivity contribution in [3.63, 3.8) is 0 Å². The Morgan fingerprint density at radius 1 is 1.56 bits per heavy atom. The fourth-order valence-corrected chi connectivity index (χ4v) is 2.01. The van der Waals surface area contributed by atoms with E-state index in [9.17, 15) is 4.79 Å². The zero-order valence-corrected chi connectivity index (χ0v) is 11.0. The number of carbonyl (C=O) groups is 1. The highest BCUT2D eigenvalue weighted by Crippen LogP contribution is 2.14. The van der Waals surface area contributed by atoms with Gasteiger partial charge >= 0.3 is 0 Å². The molecule has 18 heavy (non-hydrogen) atoms. The number of methoxy groups -OCH3 is 1. The van der Waals surface area contributed by atoms with E-state index in [1.165, 1.54) is 11.8 Å². The minimum absolute atomic E-state index is 0.00752. The van der Waals surface area contributed by atoms with Crippen molar-refractivity contribution in [3.05, 3.63) is 40.7 Å². The Morgan fingerprint density at radius 2 is 2.39 bits per heavy atom. The van der Waals surface area contributed by atoms with Gasteiger partial charge in [-0.1, -0.05) is 17.7 Å². The highest BCUT2D eigenvalue weighted by molar-refractivity contribution is 6.29. The third kappa shape index (κ3) is 3.09. The van der Waals surface area contributed by atoms with Crippen LogP contribution in [0.5, 0.6) is 0 Å². The van der Waals surface area contributed by atoms with E-state index in [0.717, 1.165) is 13.0 Å². The summed E-state index contributed by atoms with van der Waals surface area (Å²) < 4.78 is 5.08. The summed E-state index contributed by atoms with van der Waals surface area (Å²) in [7, 11) is 1.68. The standard InChI is InChI=1S/C13H15ClN2O2/c1-18-9-10-4-6-16(7-5-10)13(17)11-2-3-12(14)15-8-11/h2-4,8H,5-7,9H2,1H3. The normalized spacial score (nSPS) is 15.4. The van der Waals surface area contributed by atoms with Gasteiger partial charge in [0.2, 0.25) is 0 Å². The number of carbonyl (C=O) groups excluding carboxylic acids is 1. The van der Waals surface area contributed by atoms with Crippen LogP contribution in [0, 0.1) is 0 Å². The van der Waals surface area contributed by atoms with Gasteiger partial charge in [0.05, 0.1) is 12.2 Å². The van der Waals surface area contributed by atoms with E-state index in [1.807, 2.05) is 6.08 Å². The summed E-state index contributed by atoms with van der Waals surface area (Å²) >= 11 is 5.70. The van der Waals surface area contributed by atoms with E-state index in [0.29, 0.717) is 23.9 Å². The molecule has 0 N–H and O–H groups in total. The molecule has 1 aliphatic heterocycles. The molecule has 0 atom stereocenters. The fourth-order valence-electron chi connectivity index (χ4n) is 1.90. The van der Waals surface area contributed by atoms with Gasteiger partial charge < -0.3 is 9.64 Å². The van der Waals surface area contributed by atoms with Crippen molar-refractivity contribution in [2.24, 2.45) is 0 Å². The molecule has 0 saturated carbocycles. The quantitative estimate of drug-likeness (QED) is 0.622. The maximum Gasteiger partial charge on any atom is 0.255 e. The molecule has 0 fully saturated rings. The largest absolute Gasteiger partial charge is 0.380 e. The van der Waals surface area contributed by atoms with Crippen LogP contribution in [0.1, 0.15) is 16.8 Å². The molecular weight excluding hydrogens is 252 g/mol. The van der Waals surface area contributed by atoms with E-state index in [1.54, 1.807) is 24.1 Å². The van der Waals surface area contributed by atoms with Crippen LogP contribution < -0.4 is 0 Å². The van der Waals surface area contributed by atoms with Gasteiger partial charge in [0, 0.05) is 26.4 Å². The van der Waals surface area contributed by atoms with Gasteiger partial charge in [0.25, 0.3) is 5.91 Å². The topological polar surface area (TPSA) is 42.4 Å². The number of hydrogen-bond donors (Lipinski definition) is 0. The molecule has 5 heteroatoms. The smallest absolute Gasteiger partial charge is 0.255 e. The average molecular weight is 267 g/mol. The average Bonchev–Trinajstić information content (AvgIpc) is 2.40. The van der Waals surface area contributed by atoms with Crippen molar-refractivity contribution in [2.75, 3.05) is 26.8 Å². The Morgan fingerprint density at radius 3 is 2.94 bits per heavy atom. The van der Waals surface area contributed by atoms with Crippen LogP contribution in [0.2, 0.25) is 5.15 Å². The summed E-state index contributed by atoms with van der Waals surface area (Å²) in [6, 6.07) is 3.33. The molecule has 0 unspecified atom stereocenters. The maximum atomic E-state index is 12.2. The van der Waals surface area contributed by atoms with E-state index in [4.69, 9.17) is 16.3 Å². The lowest BCUT2D eigenvalue weighted by atomic mass is 10.1. The lowest BCUT2D eigenvalue weighted by molar-refractivity contribution is 0.0764. The van der Waals surface area contributed by atoms with E-state index >= 15 is 0 Å². The molecule has 0 radical (unpaired) electrons. The second kappa shape index (κ2) is 5.98. The Balaban J connectivity index is 2.01. The molecule has 2 heterocycles. The third-order valence-electron chi connectivity index (χ3n) is 2.89. The van der Waals surface area contributed by atoms with Crippen LogP contribution in [0.4, 0.5) is 0 Å². The molecule has 0 bridgehead atoms. The zero-order valence-electron chi connectivity index (χ0n) is 10.2. The summed E-state index contributed by atoms with van der Waals surface area (Å²) in [5.74, 6) is -0.00752. The van der Waals surface area contributed by atoms with Crippen molar-refractivity contribution in [1.29, 1.82) is 0 Å². The predicted octanol–water partition coefficient (Wildman–Crippen LogP) is 2.15. The van der Waals surface area contributed by atoms with Gasteiger partial charge in [-0.15, -0.1) is 0 Å². The molecular formula is C13H15ClN2O2. The van der Waals surface area contributed by atoms with Gasteiger partial charge in [0.1, 0.15) is 5.15 Å². The zero-order chi connectivity index (χ0) is 13.0. The molecule has 0 aromatic carbocycles. The van der Waals surface area contributed by atoms with Crippen molar-refractivity contribution in [1.82, 2.24) is 9.88 Å². The van der Waals surface area contributed by atoms with Crippen LogP contribution in [0.3, 0.4) is 0 Å². The van der Waals surface area contributed by atoms with Crippen LogP contribution in [-0.4, -0.2) is 42.6 Å². The Labute approximate surface area is 111 Å². The molecule has 96 valence electrons. The first-order chi connectivity index (χ1) is 8.70. The molecule has 1 aromatic rings. The molecule has 4 nitrogen and oxygen atoms in total. The van der Waals surface area contributed by atoms with Gasteiger partial charge in [0.15, 0.2) is 0 Å². The van der Waals surface area contributed by atoms with Crippen molar-refractivity contribution in [3.8, 4) is 0 Å². The van der Waals surface area contributed by atoms with Gasteiger partial charge in [-0.25, -0.2) is 4.98 Å². The SMILES string of the molecule is COCC1=CCN(C(=O)c2ccc(Cl)nc2)CC1. The molecule has 2 rings (SSSR count). The lowest BCUT2D eigenvalue weighted by Gasteiger charge is -2.26. The number of ether oxygens (including phenoxy) is 1. The van der Waals surface area contributed by atoms with Crippen LogP contribution in [-0.2, 0) is 4.74 Å². The maximum absolute atomic E-state index is 12.2. The number of hydrogen-bond acceptors (Lipinski definition) is 3. The number of halogens is 1. The fraction of sp³-hybridized carbons (Fsp3) is 0.385. The number of rotatable bonds is 3. The Kier molecular flexibility index (Phi) is 4.33. The molecule has 0 aliphatic carbocycles. The summed E-state index contributed by atoms with van der Waals surface area (Å²) in [6.45, 7) is 1.99. The Hall–Kier alpha value is -1.39. The lowest BCUT2D eigenvalue weighted by Crippen LogP contribution is -2.35. The van der Waals surface area contributed by atoms with E-state index in [-0.39, 0.29) is 5.91 Å². The summed E-state index contributed by atoms with van der Waals surface area (Å²) in [5.41, 5.74) is 1.82. The third-order valence-corrected chi connectivity index (χ3v) is 3.12. The first-order valence-corrected chi connectivity index (χ1v) is 6.16. The summed E-state index contributed by atoms with van der Waals surface area (Å²) in [6.07, 6.45) is 4.42. The van der Waals surface area contributed by atoms with E-state index < -0.39 is 0 Å². The van der Waals surface area contributed by atoms with Crippen molar-refractivity contribution in [2.45, 2.75) is 6.42 Å². The molecule has 1 aliphatic rings. The van der Waals surface area contributed by atoms with Crippen LogP contribution in [0.15, 0.2) is 30.0 Å². The molecule has 1 aromatic heterocycles. The van der Waals surface area contributed by atoms with Crippen LogP contribution >= 0.6 is 11.6 Å². The first kappa shape index (κ1) is 13.1. The van der Waals surface area contributed by atoms with Crippen LogP contribution in [0.25, 0.3) is 0 Å². The number of aromatic nitrogens is 1. The number of nitrogens with zero attached hydrogens (tertiary/aromatic N) is 2. The summed E-state index contributed by atoms with van der Waals surface area (Å²) in [4.78, 5) is 17.9. The van der Waals surface area contributed by atoms with Gasteiger partial charge in [-0.2, -0.15) is 0 Å². The molecule has 1 amide bonds. The van der Waals surface area contributed by atoms with Gasteiger partial charge in [-0.05, 0) is 24.1 Å².